The van der Waals surface area contributed by atoms with Crippen molar-refractivity contribution in [3.8, 4) is 17.2 Å². The fourth-order valence-corrected chi connectivity index (χ4v) is 2.68. The first-order chi connectivity index (χ1) is 10.6. The predicted octanol–water partition coefficient (Wildman–Crippen LogP) is 5.29. The molecule has 0 unspecified atom stereocenters. The summed E-state index contributed by atoms with van der Waals surface area (Å²) < 4.78 is 12.3. The van der Waals surface area contributed by atoms with E-state index < -0.39 is 0 Å². The minimum Gasteiger partial charge on any atom is -0.480 e. The van der Waals surface area contributed by atoms with Crippen LogP contribution in [0.5, 0.6) is 5.75 Å². The van der Waals surface area contributed by atoms with E-state index in [1.165, 1.54) is 0 Å². The monoisotopic (exact) mass is 378 g/mol. The molecule has 0 saturated heterocycles. The Morgan fingerprint density at radius 2 is 1.91 bits per heavy atom. The molecule has 4 nitrogen and oxygen atoms in total. The average Bonchev–Trinajstić information content (AvgIpc) is 3.01. The molecule has 0 fully saturated rings. The molecule has 112 valence electrons. The molecule has 3 rings (SSSR count). The molecule has 1 heterocycles. The standard InChI is InChI=1S/C16H12BrClN2O2/c1-10(21-14-8-7-12(18)9-13(14)17)15-19-20-16(22-15)11-5-3-2-4-6-11/h2-10H,1H3/t10-/m0/s1. The molecular weight excluding hydrogens is 368 g/mol. The minimum atomic E-state index is -0.373. The highest BCUT2D eigenvalue weighted by Crippen LogP contribution is 2.31. The van der Waals surface area contributed by atoms with Crippen LogP contribution in [0.4, 0.5) is 0 Å². The first kappa shape index (κ1) is 15.1. The second-order valence-corrected chi connectivity index (χ2v) is 5.94. The van der Waals surface area contributed by atoms with Gasteiger partial charge in [-0.3, -0.25) is 0 Å². The predicted molar refractivity (Wildman–Crippen MR) is 87.9 cm³/mol. The number of benzene rings is 2. The molecule has 0 bridgehead atoms. The van der Waals surface area contributed by atoms with Gasteiger partial charge in [0.1, 0.15) is 5.75 Å². The molecule has 0 aliphatic rings. The molecule has 0 saturated carbocycles. The Morgan fingerprint density at radius 1 is 1.14 bits per heavy atom. The van der Waals surface area contributed by atoms with Crippen molar-refractivity contribution in [1.29, 1.82) is 0 Å². The first-order valence-electron chi connectivity index (χ1n) is 6.64. The molecule has 0 spiro atoms. The molecule has 3 aromatic rings. The van der Waals surface area contributed by atoms with Crippen molar-refractivity contribution in [2.45, 2.75) is 13.0 Å². The minimum absolute atomic E-state index is 0.373. The van der Waals surface area contributed by atoms with Crippen LogP contribution >= 0.6 is 27.5 Å². The second-order valence-electron chi connectivity index (χ2n) is 4.65. The zero-order valence-corrected chi connectivity index (χ0v) is 14.0. The largest absolute Gasteiger partial charge is 0.480 e. The second kappa shape index (κ2) is 6.50. The molecule has 0 radical (unpaired) electrons. The van der Waals surface area contributed by atoms with Gasteiger partial charge in [0.05, 0.1) is 4.47 Å². The molecule has 0 amide bonds. The maximum absolute atomic E-state index is 5.92. The highest BCUT2D eigenvalue weighted by Gasteiger charge is 2.17. The van der Waals surface area contributed by atoms with Crippen LogP contribution in [0.1, 0.15) is 18.9 Å². The van der Waals surface area contributed by atoms with E-state index in [-0.39, 0.29) is 6.10 Å². The van der Waals surface area contributed by atoms with Gasteiger partial charge in [0.15, 0.2) is 6.10 Å². The van der Waals surface area contributed by atoms with E-state index in [1.807, 2.05) is 37.3 Å². The number of rotatable bonds is 4. The fraction of sp³-hybridized carbons (Fsp3) is 0.125. The lowest BCUT2D eigenvalue weighted by molar-refractivity contribution is 0.188. The quantitative estimate of drug-likeness (QED) is 0.618. The summed E-state index contributed by atoms with van der Waals surface area (Å²) in [5.41, 5.74) is 0.876. The van der Waals surface area contributed by atoms with Crippen molar-refractivity contribution >= 4 is 27.5 Å². The van der Waals surface area contributed by atoms with Crippen LogP contribution in [0.3, 0.4) is 0 Å². The van der Waals surface area contributed by atoms with Gasteiger partial charge in [-0.05, 0) is 53.2 Å². The van der Waals surface area contributed by atoms with Crippen molar-refractivity contribution in [1.82, 2.24) is 10.2 Å². The van der Waals surface area contributed by atoms with Gasteiger partial charge in [-0.25, -0.2) is 0 Å². The lowest BCUT2D eigenvalue weighted by atomic mass is 10.2. The summed E-state index contributed by atoms with van der Waals surface area (Å²) in [7, 11) is 0. The van der Waals surface area contributed by atoms with E-state index in [9.17, 15) is 0 Å². The van der Waals surface area contributed by atoms with E-state index in [0.29, 0.717) is 22.6 Å². The Bertz CT molecular complexity index is 777. The van der Waals surface area contributed by atoms with E-state index in [2.05, 4.69) is 26.1 Å². The summed E-state index contributed by atoms with van der Waals surface area (Å²) in [4.78, 5) is 0. The van der Waals surface area contributed by atoms with Gasteiger partial charge in [-0.15, -0.1) is 10.2 Å². The number of aromatic nitrogens is 2. The zero-order valence-electron chi connectivity index (χ0n) is 11.7. The summed E-state index contributed by atoms with van der Waals surface area (Å²) in [5.74, 6) is 1.55. The number of hydrogen-bond donors (Lipinski definition) is 0. The number of nitrogens with zero attached hydrogens (tertiary/aromatic N) is 2. The van der Waals surface area contributed by atoms with Crippen LogP contribution in [-0.4, -0.2) is 10.2 Å². The molecule has 2 aromatic carbocycles. The summed E-state index contributed by atoms with van der Waals surface area (Å²) in [6.45, 7) is 1.85. The van der Waals surface area contributed by atoms with E-state index in [1.54, 1.807) is 18.2 Å². The Morgan fingerprint density at radius 3 is 2.64 bits per heavy atom. The van der Waals surface area contributed by atoms with Crippen LogP contribution < -0.4 is 4.74 Å². The molecule has 0 aliphatic carbocycles. The van der Waals surface area contributed by atoms with Gasteiger partial charge >= 0.3 is 0 Å². The van der Waals surface area contributed by atoms with Crippen molar-refractivity contribution in [2.24, 2.45) is 0 Å². The Balaban J connectivity index is 1.78. The smallest absolute Gasteiger partial charge is 0.257 e. The van der Waals surface area contributed by atoms with Gasteiger partial charge in [-0.2, -0.15) is 0 Å². The third-order valence-corrected chi connectivity index (χ3v) is 3.86. The molecule has 22 heavy (non-hydrogen) atoms. The third kappa shape index (κ3) is 3.31. The van der Waals surface area contributed by atoms with Crippen LogP contribution in [0.2, 0.25) is 5.02 Å². The van der Waals surface area contributed by atoms with Crippen LogP contribution in [0, 0.1) is 0 Å². The summed E-state index contributed by atoms with van der Waals surface area (Å²) in [5, 5.41) is 8.74. The summed E-state index contributed by atoms with van der Waals surface area (Å²) in [6, 6.07) is 14.9. The van der Waals surface area contributed by atoms with E-state index in [4.69, 9.17) is 20.8 Å². The van der Waals surface area contributed by atoms with E-state index >= 15 is 0 Å². The first-order valence-corrected chi connectivity index (χ1v) is 7.81. The van der Waals surface area contributed by atoms with Gasteiger partial charge in [0.25, 0.3) is 5.89 Å². The molecule has 1 atom stereocenters. The summed E-state index contributed by atoms with van der Waals surface area (Å²) >= 11 is 9.33. The van der Waals surface area contributed by atoms with Gasteiger partial charge in [-0.1, -0.05) is 29.8 Å². The normalized spacial score (nSPS) is 12.1. The lowest BCUT2D eigenvalue weighted by Gasteiger charge is -2.12. The average molecular weight is 380 g/mol. The fourth-order valence-electron chi connectivity index (χ4n) is 1.91. The zero-order chi connectivity index (χ0) is 15.5. The Labute approximate surface area is 141 Å². The van der Waals surface area contributed by atoms with Crippen molar-refractivity contribution in [2.75, 3.05) is 0 Å². The Hall–Kier alpha value is -1.85. The highest BCUT2D eigenvalue weighted by atomic mass is 79.9. The maximum atomic E-state index is 5.92. The SMILES string of the molecule is C[C@H](Oc1ccc(Cl)cc1Br)c1nnc(-c2ccccc2)o1. The van der Waals surface area contributed by atoms with Gasteiger partial charge in [0.2, 0.25) is 5.89 Å². The molecule has 0 N–H and O–H groups in total. The number of hydrogen-bond acceptors (Lipinski definition) is 4. The van der Waals surface area contributed by atoms with Crippen LogP contribution in [0.15, 0.2) is 57.4 Å². The molecule has 1 aromatic heterocycles. The summed E-state index contributed by atoms with van der Waals surface area (Å²) in [6.07, 6.45) is -0.373. The van der Waals surface area contributed by atoms with Gasteiger partial charge < -0.3 is 9.15 Å². The van der Waals surface area contributed by atoms with Crippen molar-refractivity contribution in [3.05, 3.63) is 63.9 Å². The molecular formula is C16H12BrClN2O2. The van der Waals surface area contributed by atoms with Crippen LogP contribution in [-0.2, 0) is 0 Å². The molecule has 0 aliphatic heterocycles. The lowest BCUT2D eigenvalue weighted by Crippen LogP contribution is -2.03. The van der Waals surface area contributed by atoms with E-state index in [0.717, 1.165) is 10.0 Å². The number of halogens is 2. The topological polar surface area (TPSA) is 48.2 Å². The van der Waals surface area contributed by atoms with Crippen molar-refractivity contribution in [3.63, 3.8) is 0 Å². The van der Waals surface area contributed by atoms with Crippen LogP contribution in [0.25, 0.3) is 11.5 Å². The highest BCUT2D eigenvalue weighted by molar-refractivity contribution is 9.10. The Kier molecular flexibility index (Phi) is 4.45. The van der Waals surface area contributed by atoms with Gasteiger partial charge in [0, 0.05) is 10.6 Å². The van der Waals surface area contributed by atoms with Crippen molar-refractivity contribution < 1.29 is 9.15 Å². The number of ether oxygens (including phenoxy) is 1. The molecule has 6 heteroatoms. The third-order valence-electron chi connectivity index (χ3n) is 3.01. The maximum Gasteiger partial charge on any atom is 0.257 e.